The van der Waals surface area contributed by atoms with Crippen molar-refractivity contribution in [3.8, 4) is 0 Å². The van der Waals surface area contributed by atoms with Gasteiger partial charge < -0.3 is 11.1 Å². The Labute approximate surface area is 82.0 Å². The lowest BCUT2D eigenvalue weighted by Crippen LogP contribution is -2.46. The van der Waals surface area contributed by atoms with Gasteiger partial charge in [-0.1, -0.05) is 12.8 Å². The number of carbonyl (C=O) groups excluding carboxylic acids is 1. The van der Waals surface area contributed by atoms with E-state index in [0.717, 1.165) is 25.7 Å². The van der Waals surface area contributed by atoms with E-state index in [1.54, 1.807) is 0 Å². The molecule has 0 aromatic carbocycles. The second-order valence-electron chi connectivity index (χ2n) is 3.70. The molecule has 82 valence electrons. The summed E-state index contributed by atoms with van der Waals surface area (Å²) in [4.78, 5) is 10.8. The van der Waals surface area contributed by atoms with Gasteiger partial charge in [0, 0.05) is 6.04 Å². The van der Waals surface area contributed by atoms with Crippen LogP contribution >= 0.6 is 0 Å². The molecule has 1 aliphatic carbocycles. The fourth-order valence-corrected chi connectivity index (χ4v) is 1.93. The van der Waals surface area contributed by atoms with E-state index < -0.39 is 12.3 Å². The molecule has 0 radical (unpaired) electrons. The first-order valence-electron chi connectivity index (χ1n) is 4.93. The zero-order chi connectivity index (χ0) is 10.6. The summed E-state index contributed by atoms with van der Waals surface area (Å²) in [5.74, 6) is -1.01. The molecule has 0 saturated heterocycles. The number of rotatable bonds is 3. The van der Waals surface area contributed by atoms with Crippen LogP contribution < -0.4 is 11.1 Å². The number of alkyl halides is 2. The quantitative estimate of drug-likeness (QED) is 0.720. The normalized spacial score (nSPS) is 27.7. The molecule has 1 aliphatic rings. The number of hydrogen-bond donors (Lipinski definition) is 2. The minimum atomic E-state index is -2.92. The van der Waals surface area contributed by atoms with Crippen molar-refractivity contribution >= 4 is 5.91 Å². The molecule has 5 heteroatoms. The first-order chi connectivity index (χ1) is 6.65. The summed E-state index contributed by atoms with van der Waals surface area (Å²) in [6, 6.07) is -0.157. The Kier molecular flexibility index (Phi) is 4.25. The fourth-order valence-electron chi connectivity index (χ4n) is 1.93. The molecule has 0 aromatic rings. The maximum absolute atomic E-state index is 12.0. The summed E-state index contributed by atoms with van der Waals surface area (Å²) >= 11 is 0. The van der Waals surface area contributed by atoms with Crippen LogP contribution in [0.2, 0.25) is 0 Å². The Morgan fingerprint density at radius 1 is 1.43 bits per heavy atom. The first kappa shape index (κ1) is 11.4. The monoisotopic (exact) mass is 206 g/mol. The van der Waals surface area contributed by atoms with Crippen LogP contribution in [0, 0.1) is 5.92 Å². The van der Waals surface area contributed by atoms with Crippen molar-refractivity contribution in [1.82, 2.24) is 5.32 Å². The standard InChI is InChI=1S/C9H16F2N2O/c10-8(11)9(14)13-7-4-2-1-3-6(7)5-12/h6-8H,1-5,12H2,(H,13,14). The largest absolute Gasteiger partial charge is 0.348 e. The van der Waals surface area contributed by atoms with E-state index in [1.165, 1.54) is 0 Å². The Balaban J connectivity index is 2.44. The molecule has 14 heavy (non-hydrogen) atoms. The van der Waals surface area contributed by atoms with Crippen molar-refractivity contribution in [3.05, 3.63) is 0 Å². The van der Waals surface area contributed by atoms with E-state index >= 15 is 0 Å². The van der Waals surface area contributed by atoms with Gasteiger partial charge in [-0.05, 0) is 25.3 Å². The second-order valence-corrected chi connectivity index (χ2v) is 3.70. The zero-order valence-corrected chi connectivity index (χ0v) is 8.01. The number of nitrogens with two attached hydrogens (primary N) is 1. The molecule has 1 saturated carbocycles. The van der Waals surface area contributed by atoms with E-state index in [-0.39, 0.29) is 12.0 Å². The minimum Gasteiger partial charge on any atom is -0.348 e. The van der Waals surface area contributed by atoms with Gasteiger partial charge in [-0.15, -0.1) is 0 Å². The highest BCUT2D eigenvalue weighted by atomic mass is 19.3. The highest BCUT2D eigenvalue weighted by molar-refractivity contribution is 5.79. The van der Waals surface area contributed by atoms with Crippen LogP contribution in [0.3, 0.4) is 0 Å². The molecular weight excluding hydrogens is 190 g/mol. The number of nitrogens with one attached hydrogen (secondary N) is 1. The number of halogens is 2. The first-order valence-corrected chi connectivity index (χ1v) is 4.93. The average Bonchev–Trinajstić information content (AvgIpc) is 2.18. The van der Waals surface area contributed by atoms with E-state index in [2.05, 4.69) is 5.32 Å². The lowest BCUT2D eigenvalue weighted by atomic mass is 9.84. The fraction of sp³-hybridized carbons (Fsp3) is 0.889. The lowest BCUT2D eigenvalue weighted by Gasteiger charge is -2.31. The molecule has 3 N–H and O–H groups in total. The third-order valence-electron chi connectivity index (χ3n) is 2.74. The lowest BCUT2D eigenvalue weighted by molar-refractivity contribution is -0.133. The smallest absolute Gasteiger partial charge is 0.315 e. The van der Waals surface area contributed by atoms with Crippen molar-refractivity contribution in [2.45, 2.75) is 38.2 Å². The second kappa shape index (κ2) is 5.24. The zero-order valence-electron chi connectivity index (χ0n) is 8.01. The Hall–Kier alpha value is -0.710. The molecule has 3 nitrogen and oxygen atoms in total. The van der Waals surface area contributed by atoms with E-state index in [4.69, 9.17) is 5.73 Å². The summed E-state index contributed by atoms with van der Waals surface area (Å²) in [6.45, 7) is 0.453. The highest BCUT2D eigenvalue weighted by Gasteiger charge is 2.27. The van der Waals surface area contributed by atoms with Gasteiger partial charge in [0.25, 0.3) is 5.91 Å². The summed E-state index contributed by atoms with van der Waals surface area (Å²) in [5.41, 5.74) is 5.51. The van der Waals surface area contributed by atoms with Gasteiger partial charge in [-0.3, -0.25) is 4.79 Å². The highest BCUT2D eigenvalue weighted by Crippen LogP contribution is 2.23. The maximum atomic E-state index is 12.0. The molecule has 0 aromatic heterocycles. The van der Waals surface area contributed by atoms with Crippen molar-refractivity contribution in [1.29, 1.82) is 0 Å². The topological polar surface area (TPSA) is 55.1 Å². The van der Waals surface area contributed by atoms with Gasteiger partial charge in [0.1, 0.15) is 0 Å². The number of carbonyl (C=O) groups is 1. The van der Waals surface area contributed by atoms with Crippen molar-refractivity contribution in [3.63, 3.8) is 0 Å². The SMILES string of the molecule is NCC1CCCCC1NC(=O)C(F)F. The molecular formula is C9H16F2N2O. The molecule has 0 aliphatic heterocycles. The Morgan fingerprint density at radius 3 is 2.64 bits per heavy atom. The number of hydrogen-bond acceptors (Lipinski definition) is 2. The van der Waals surface area contributed by atoms with Crippen LogP contribution in [0.5, 0.6) is 0 Å². The molecule has 2 atom stereocenters. The molecule has 0 heterocycles. The van der Waals surface area contributed by atoms with Crippen LogP contribution in [0.4, 0.5) is 8.78 Å². The van der Waals surface area contributed by atoms with Crippen LogP contribution in [0.15, 0.2) is 0 Å². The van der Waals surface area contributed by atoms with Crippen LogP contribution in [-0.4, -0.2) is 24.9 Å². The van der Waals surface area contributed by atoms with Gasteiger partial charge in [0.2, 0.25) is 0 Å². The summed E-state index contributed by atoms with van der Waals surface area (Å²) in [5, 5.41) is 2.35. The third-order valence-corrected chi connectivity index (χ3v) is 2.74. The van der Waals surface area contributed by atoms with Crippen LogP contribution in [-0.2, 0) is 4.79 Å². The molecule has 1 fully saturated rings. The molecule has 0 bridgehead atoms. The summed E-state index contributed by atoms with van der Waals surface area (Å²) < 4.78 is 23.9. The average molecular weight is 206 g/mol. The van der Waals surface area contributed by atoms with Crippen LogP contribution in [0.25, 0.3) is 0 Å². The minimum absolute atomic E-state index is 0.157. The maximum Gasteiger partial charge on any atom is 0.315 e. The van der Waals surface area contributed by atoms with E-state index in [0.29, 0.717) is 6.54 Å². The van der Waals surface area contributed by atoms with Crippen molar-refractivity contribution in [2.75, 3.05) is 6.54 Å². The van der Waals surface area contributed by atoms with Gasteiger partial charge in [-0.2, -0.15) is 8.78 Å². The van der Waals surface area contributed by atoms with Gasteiger partial charge >= 0.3 is 6.43 Å². The molecule has 1 rings (SSSR count). The number of amides is 1. The van der Waals surface area contributed by atoms with Crippen LogP contribution in [0.1, 0.15) is 25.7 Å². The van der Waals surface area contributed by atoms with E-state index in [1.807, 2.05) is 0 Å². The van der Waals surface area contributed by atoms with Gasteiger partial charge in [0.05, 0.1) is 0 Å². The van der Waals surface area contributed by atoms with Crippen molar-refractivity contribution in [2.24, 2.45) is 11.7 Å². The Bertz CT molecular complexity index is 199. The third kappa shape index (κ3) is 2.90. The summed E-state index contributed by atoms with van der Waals surface area (Å²) in [6.07, 6.45) is 0.814. The Morgan fingerprint density at radius 2 is 2.07 bits per heavy atom. The van der Waals surface area contributed by atoms with Gasteiger partial charge in [0.15, 0.2) is 0 Å². The van der Waals surface area contributed by atoms with Gasteiger partial charge in [-0.25, -0.2) is 0 Å². The predicted octanol–water partition coefficient (Wildman–Crippen LogP) is 0.885. The summed E-state index contributed by atoms with van der Waals surface area (Å²) in [7, 11) is 0. The van der Waals surface area contributed by atoms with Crippen molar-refractivity contribution < 1.29 is 13.6 Å². The molecule has 0 spiro atoms. The molecule has 1 amide bonds. The van der Waals surface area contributed by atoms with E-state index in [9.17, 15) is 13.6 Å². The molecule has 2 unspecified atom stereocenters. The predicted molar refractivity (Wildman–Crippen MR) is 48.9 cm³/mol.